The molecule has 1 aliphatic heterocycles. The average Bonchev–Trinajstić information content (AvgIpc) is 2.67. The van der Waals surface area contributed by atoms with E-state index in [-0.39, 0.29) is 23.0 Å². The molecule has 1 fully saturated rings. The molecule has 3 aromatic rings. The highest BCUT2D eigenvalue weighted by Gasteiger charge is 2.23. The van der Waals surface area contributed by atoms with E-state index in [9.17, 15) is 8.42 Å². The molecule has 1 saturated heterocycles. The van der Waals surface area contributed by atoms with Gasteiger partial charge in [-0.3, -0.25) is 9.71 Å². The number of ether oxygens (including phenoxy) is 1. The highest BCUT2D eigenvalue weighted by molar-refractivity contribution is 7.92. The first-order valence-electron chi connectivity index (χ1n) is 9.62. The van der Waals surface area contributed by atoms with E-state index in [0.717, 1.165) is 47.1 Å². The fourth-order valence-corrected chi connectivity index (χ4v) is 4.60. The number of aromatic nitrogens is 2. The van der Waals surface area contributed by atoms with Crippen molar-refractivity contribution in [3.63, 3.8) is 0 Å². The Morgan fingerprint density at radius 3 is 2.53 bits per heavy atom. The Balaban J connectivity index is 1.78. The van der Waals surface area contributed by atoms with Crippen molar-refractivity contribution in [1.29, 1.82) is 0 Å². The van der Waals surface area contributed by atoms with Crippen molar-refractivity contribution in [2.24, 2.45) is 0 Å². The van der Waals surface area contributed by atoms with Crippen LogP contribution < -0.4 is 9.62 Å². The monoisotopic (exact) mass is 446 g/mol. The van der Waals surface area contributed by atoms with Crippen molar-refractivity contribution in [3.8, 4) is 11.1 Å². The van der Waals surface area contributed by atoms with Crippen LogP contribution in [0.1, 0.15) is 13.8 Å². The van der Waals surface area contributed by atoms with Crippen molar-refractivity contribution < 1.29 is 13.2 Å². The molecule has 30 heavy (non-hydrogen) atoms. The molecule has 1 aliphatic rings. The molecule has 7 nitrogen and oxygen atoms in total. The summed E-state index contributed by atoms with van der Waals surface area (Å²) in [5, 5.41) is 1.12. The second-order valence-electron chi connectivity index (χ2n) is 7.66. The number of morpholine rings is 1. The van der Waals surface area contributed by atoms with Crippen LogP contribution in [0.5, 0.6) is 0 Å². The zero-order chi connectivity index (χ0) is 21.5. The van der Waals surface area contributed by atoms with Gasteiger partial charge in [-0.05, 0) is 43.7 Å². The molecule has 2 aromatic heterocycles. The molecule has 9 heteroatoms. The van der Waals surface area contributed by atoms with Gasteiger partial charge >= 0.3 is 0 Å². The maximum atomic E-state index is 11.6. The minimum atomic E-state index is -3.47. The molecule has 0 spiro atoms. The Hall–Kier alpha value is -2.42. The number of nitrogens with zero attached hydrogens (tertiary/aromatic N) is 3. The summed E-state index contributed by atoms with van der Waals surface area (Å²) in [5.41, 5.74) is 3.89. The van der Waals surface area contributed by atoms with Crippen LogP contribution in [-0.2, 0) is 14.8 Å². The lowest BCUT2D eigenvalue weighted by molar-refractivity contribution is -0.00513. The summed E-state index contributed by atoms with van der Waals surface area (Å²) in [6, 6.07) is 9.66. The quantitative estimate of drug-likeness (QED) is 0.611. The summed E-state index contributed by atoms with van der Waals surface area (Å²) < 4.78 is 31.5. The van der Waals surface area contributed by atoms with Crippen LogP contribution in [-0.4, -0.2) is 49.9 Å². The minimum Gasteiger partial charge on any atom is -0.372 e. The summed E-state index contributed by atoms with van der Waals surface area (Å²) >= 11 is 6.07. The molecule has 0 amide bonds. The Bertz CT molecular complexity index is 1190. The number of sulfonamides is 1. The van der Waals surface area contributed by atoms with Gasteiger partial charge in [0.05, 0.1) is 29.7 Å². The van der Waals surface area contributed by atoms with E-state index in [2.05, 4.69) is 39.5 Å². The molecule has 2 unspecified atom stereocenters. The third-order valence-corrected chi connectivity index (χ3v) is 5.84. The lowest BCUT2D eigenvalue weighted by atomic mass is 10.0. The van der Waals surface area contributed by atoms with Gasteiger partial charge in [0.15, 0.2) is 5.15 Å². The van der Waals surface area contributed by atoms with Crippen LogP contribution in [0.4, 0.5) is 11.4 Å². The highest BCUT2D eigenvalue weighted by atomic mass is 35.5. The molecule has 1 aromatic carbocycles. The predicted molar refractivity (Wildman–Crippen MR) is 121 cm³/mol. The van der Waals surface area contributed by atoms with Crippen molar-refractivity contribution in [1.82, 2.24) is 9.97 Å². The molecule has 0 radical (unpaired) electrons. The van der Waals surface area contributed by atoms with Gasteiger partial charge in [-0.15, -0.1) is 0 Å². The van der Waals surface area contributed by atoms with Crippen LogP contribution in [0.15, 0.2) is 42.7 Å². The lowest BCUT2D eigenvalue weighted by Crippen LogP contribution is -2.45. The van der Waals surface area contributed by atoms with E-state index in [0.29, 0.717) is 0 Å². The Morgan fingerprint density at radius 1 is 1.10 bits per heavy atom. The van der Waals surface area contributed by atoms with Gasteiger partial charge in [-0.2, -0.15) is 0 Å². The largest absolute Gasteiger partial charge is 0.372 e. The summed E-state index contributed by atoms with van der Waals surface area (Å²) in [4.78, 5) is 11.0. The van der Waals surface area contributed by atoms with Gasteiger partial charge in [0.25, 0.3) is 0 Å². The maximum Gasteiger partial charge on any atom is 0.229 e. The summed E-state index contributed by atoms with van der Waals surface area (Å²) in [5.74, 6) is 0. The Kier molecular flexibility index (Phi) is 5.57. The van der Waals surface area contributed by atoms with Gasteiger partial charge in [-0.25, -0.2) is 13.4 Å². The van der Waals surface area contributed by atoms with E-state index >= 15 is 0 Å². The van der Waals surface area contributed by atoms with Gasteiger partial charge in [0.1, 0.15) is 0 Å². The number of benzene rings is 1. The molecular weight excluding hydrogens is 424 g/mol. The molecule has 0 aliphatic carbocycles. The first-order chi connectivity index (χ1) is 14.2. The van der Waals surface area contributed by atoms with Crippen LogP contribution in [0, 0.1) is 0 Å². The Morgan fingerprint density at radius 2 is 1.83 bits per heavy atom. The molecular formula is C21H23ClN4O3S. The van der Waals surface area contributed by atoms with Crippen molar-refractivity contribution >= 4 is 43.9 Å². The van der Waals surface area contributed by atoms with Crippen LogP contribution >= 0.6 is 11.6 Å². The summed E-state index contributed by atoms with van der Waals surface area (Å²) in [6.45, 7) is 5.76. The van der Waals surface area contributed by atoms with Gasteiger partial charge in [0.2, 0.25) is 10.0 Å². The van der Waals surface area contributed by atoms with Gasteiger partial charge < -0.3 is 9.64 Å². The third kappa shape index (κ3) is 4.50. The van der Waals surface area contributed by atoms with E-state index in [1.807, 2.05) is 24.4 Å². The molecule has 0 saturated carbocycles. The lowest BCUT2D eigenvalue weighted by Gasteiger charge is -2.37. The zero-order valence-corrected chi connectivity index (χ0v) is 18.5. The number of fused-ring (bicyclic) bond motifs is 1. The smallest absolute Gasteiger partial charge is 0.229 e. The topological polar surface area (TPSA) is 84.4 Å². The summed E-state index contributed by atoms with van der Waals surface area (Å²) in [7, 11) is -3.47. The first kappa shape index (κ1) is 20.8. The minimum absolute atomic E-state index is 0.101. The predicted octanol–water partition coefficient (Wildman–Crippen LogP) is 3.94. The van der Waals surface area contributed by atoms with E-state index in [4.69, 9.17) is 16.3 Å². The molecule has 4 rings (SSSR count). The number of pyridine rings is 2. The maximum absolute atomic E-state index is 11.6. The molecule has 158 valence electrons. The Labute approximate surface area is 181 Å². The van der Waals surface area contributed by atoms with Crippen LogP contribution in [0.2, 0.25) is 5.15 Å². The van der Waals surface area contributed by atoms with Crippen LogP contribution in [0.3, 0.4) is 0 Å². The summed E-state index contributed by atoms with van der Waals surface area (Å²) in [6.07, 6.45) is 4.82. The number of hydrogen-bond donors (Lipinski definition) is 1. The van der Waals surface area contributed by atoms with E-state index in [1.165, 1.54) is 0 Å². The number of halogens is 1. The molecule has 0 bridgehead atoms. The van der Waals surface area contributed by atoms with Crippen molar-refractivity contribution in [2.45, 2.75) is 26.1 Å². The number of rotatable bonds is 4. The zero-order valence-electron chi connectivity index (χ0n) is 17.0. The third-order valence-electron chi connectivity index (χ3n) is 4.95. The van der Waals surface area contributed by atoms with E-state index in [1.54, 1.807) is 12.3 Å². The fourth-order valence-electron chi connectivity index (χ4n) is 3.84. The fraction of sp³-hybridized carbons (Fsp3) is 0.333. The van der Waals surface area contributed by atoms with Crippen molar-refractivity contribution in [3.05, 3.63) is 47.9 Å². The number of anilines is 2. The standard InChI is InChI=1S/C21H23ClN4O3S/c1-13-11-26(12-14(2)29-13)20-6-7-23-18-5-4-15(8-17(18)20)16-9-19(21(22)24-10-16)25-30(3,27)28/h4-10,13-14,25H,11-12H2,1-3H3. The second-order valence-corrected chi connectivity index (χ2v) is 9.77. The van der Waals surface area contributed by atoms with Crippen molar-refractivity contribution in [2.75, 3.05) is 29.0 Å². The van der Waals surface area contributed by atoms with Crippen LogP contribution in [0.25, 0.3) is 22.0 Å². The molecule has 1 N–H and O–H groups in total. The normalized spacial score (nSPS) is 19.8. The SMILES string of the molecule is CC1CN(c2ccnc3ccc(-c4cnc(Cl)c(NS(C)(=O)=O)c4)cc23)CC(C)O1. The first-order valence-corrected chi connectivity index (χ1v) is 11.9. The molecule has 3 heterocycles. The van der Waals surface area contributed by atoms with E-state index < -0.39 is 10.0 Å². The average molecular weight is 447 g/mol. The number of nitrogens with one attached hydrogen (secondary N) is 1. The van der Waals surface area contributed by atoms with Gasteiger partial charge in [-0.1, -0.05) is 17.7 Å². The molecule has 2 atom stereocenters. The number of hydrogen-bond acceptors (Lipinski definition) is 6. The second kappa shape index (κ2) is 8.02. The highest BCUT2D eigenvalue weighted by Crippen LogP contribution is 2.33. The van der Waals surface area contributed by atoms with Gasteiger partial charge in [0, 0.05) is 42.1 Å².